The standard InChI is InChI=1S/C52H32/c1-2-15-33(16-3-1)34-17-14-18-35(31-34)49-44-25-10-12-27-46(44)50(47-28-13-11-26-45(47)49)36-29-30-40-39-21-6-8-23-42(39)51-41-22-7-4-19-37(41)38-20-5-9-24-43(38)52(51)48(40)32-36/h1-32H. The Hall–Kier alpha value is -6.76. The van der Waals surface area contributed by atoms with Gasteiger partial charge in [-0.15, -0.1) is 0 Å². The molecular weight excluding hydrogens is 625 g/mol. The summed E-state index contributed by atoms with van der Waals surface area (Å²) >= 11 is 0. The lowest BCUT2D eigenvalue weighted by atomic mass is 9.83. The molecule has 11 aromatic rings. The lowest BCUT2D eigenvalue weighted by Gasteiger charge is -2.20. The van der Waals surface area contributed by atoms with Gasteiger partial charge in [0.2, 0.25) is 0 Å². The van der Waals surface area contributed by atoms with Crippen LogP contribution >= 0.6 is 0 Å². The summed E-state index contributed by atoms with van der Waals surface area (Å²) in [6.45, 7) is 0. The molecule has 0 bridgehead atoms. The smallest absolute Gasteiger partial charge is 0.00137 e. The average Bonchev–Trinajstić information content (AvgIpc) is 3.22. The van der Waals surface area contributed by atoms with Gasteiger partial charge in [0, 0.05) is 0 Å². The maximum Gasteiger partial charge on any atom is -0.00137 e. The van der Waals surface area contributed by atoms with Crippen LogP contribution in [-0.4, -0.2) is 0 Å². The maximum atomic E-state index is 2.48. The summed E-state index contributed by atoms with van der Waals surface area (Å²) in [5.41, 5.74) is 7.48. The Bertz CT molecular complexity index is 3150. The first-order valence-corrected chi connectivity index (χ1v) is 18.1. The molecule has 0 aliphatic rings. The van der Waals surface area contributed by atoms with Crippen molar-refractivity contribution in [2.24, 2.45) is 0 Å². The molecule has 0 heterocycles. The van der Waals surface area contributed by atoms with Crippen molar-refractivity contribution in [3.63, 3.8) is 0 Å². The molecule has 0 nitrogen and oxygen atoms in total. The van der Waals surface area contributed by atoms with Crippen LogP contribution in [0.1, 0.15) is 0 Å². The Morgan fingerprint density at radius 3 is 1.02 bits per heavy atom. The van der Waals surface area contributed by atoms with E-state index in [9.17, 15) is 0 Å². The van der Waals surface area contributed by atoms with Gasteiger partial charge >= 0.3 is 0 Å². The van der Waals surface area contributed by atoms with Crippen molar-refractivity contribution in [3.05, 3.63) is 194 Å². The molecule has 0 aliphatic heterocycles. The Balaban J connectivity index is 1.27. The largest absolute Gasteiger partial charge is 0.0622 e. The van der Waals surface area contributed by atoms with E-state index >= 15 is 0 Å². The second-order valence-corrected chi connectivity index (χ2v) is 13.9. The molecule has 0 saturated heterocycles. The van der Waals surface area contributed by atoms with E-state index in [4.69, 9.17) is 0 Å². The lowest BCUT2D eigenvalue weighted by molar-refractivity contribution is 1.61. The second kappa shape index (κ2) is 11.4. The number of hydrogen-bond acceptors (Lipinski definition) is 0. The van der Waals surface area contributed by atoms with Crippen molar-refractivity contribution in [3.8, 4) is 33.4 Å². The zero-order chi connectivity index (χ0) is 34.2. The van der Waals surface area contributed by atoms with Crippen molar-refractivity contribution in [1.82, 2.24) is 0 Å². The molecule has 0 unspecified atom stereocenters. The molecule has 0 atom stereocenters. The van der Waals surface area contributed by atoms with Crippen LogP contribution in [0.3, 0.4) is 0 Å². The first-order chi connectivity index (χ1) is 25.8. The topological polar surface area (TPSA) is 0 Å². The van der Waals surface area contributed by atoms with Crippen molar-refractivity contribution in [2.45, 2.75) is 0 Å². The number of rotatable bonds is 3. The van der Waals surface area contributed by atoms with E-state index in [0.717, 1.165) is 0 Å². The van der Waals surface area contributed by atoms with Crippen LogP contribution < -0.4 is 0 Å². The highest BCUT2D eigenvalue weighted by Crippen LogP contribution is 2.48. The molecule has 0 amide bonds. The molecule has 0 fully saturated rings. The summed E-state index contributed by atoms with van der Waals surface area (Å²) in [5.74, 6) is 0. The summed E-state index contributed by atoms with van der Waals surface area (Å²) in [6, 6.07) is 71.8. The molecule has 0 aliphatic carbocycles. The summed E-state index contributed by atoms with van der Waals surface area (Å²) in [6.07, 6.45) is 0. The zero-order valence-electron chi connectivity index (χ0n) is 28.5. The molecular formula is C52H32. The predicted octanol–water partition coefficient (Wildman–Crippen LogP) is 14.8. The minimum absolute atomic E-state index is 1.23. The minimum atomic E-state index is 1.23. The summed E-state index contributed by atoms with van der Waals surface area (Å²) in [4.78, 5) is 0. The SMILES string of the molecule is c1ccc(-c2cccc(-c3c4ccccc4c(-c4ccc5c6ccccc6c6c7ccccc7c7ccccc7c6c5c4)c4ccccc34)c2)cc1. The van der Waals surface area contributed by atoms with Crippen molar-refractivity contribution in [1.29, 1.82) is 0 Å². The van der Waals surface area contributed by atoms with Gasteiger partial charge in [-0.3, -0.25) is 0 Å². The van der Waals surface area contributed by atoms with Gasteiger partial charge in [0.25, 0.3) is 0 Å². The summed E-state index contributed by atoms with van der Waals surface area (Å²) in [7, 11) is 0. The quantitative estimate of drug-likeness (QED) is 0.131. The van der Waals surface area contributed by atoms with E-state index in [1.807, 2.05) is 0 Å². The molecule has 0 saturated carbocycles. The van der Waals surface area contributed by atoms with E-state index < -0.39 is 0 Å². The van der Waals surface area contributed by atoms with Crippen LogP contribution in [0.25, 0.3) is 109 Å². The van der Waals surface area contributed by atoms with E-state index in [1.165, 1.54) is 109 Å². The molecule has 240 valence electrons. The highest BCUT2D eigenvalue weighted by atomic mass is 14.2. The van der Waals surface area contributed by atoms with E-state index in [-0.39, 0.29) is 0 Å². The molecule has 0 spiro atoms. The van der Waals surface area contributed by atoms with Gasteiger partial charge in [0.15, 0.2) is 0 Å². The van der Waals surface area contributed by atoms with Gasteiger partial charge in [-0.2, -0.15) is 0 Å². The Morgan fingerprint density at radius 1 is 0.173 bits per heavy atom. The number of hydrogen-bond donors (Lipinski definition) is 0. The monoisotopic (exact) mass is 656 g/mol. The van der Waals surface area contributed by atoms with Gasteiger partial charge in [-0.25, -0.2) is 0 Å². The van der Waals surface area contributed by atoms with E-state index in [2.05, 4.69) is 194 Å². The number of benzene rings is 11. The normalized spacial score (nSPS) is 11.8. The molecule has 11 aromatic carbocycles. The Kier molecular flexibility index (Phi) is 6.35. The molecule has 0 aromatic heterocycles. The fourth-order valence-electron chi connectivity index (χ4n) is 9.01. The Labute approximate surface area is 301 Å². The Morgan fingerprint density at radius 2 is 0.519 bits per heavy atom. The van der Waals surface area contributed by atoms with Gasteiger partial charge < -0.3 is 0 Å². The maximum absolute atomic E-state index is 2.48. The molecule has 0 radical (unpaired) electrons. The number of fused-ring (bicyclic) bond motifs is 13. The predicted molar refractivity (Wildman–Crippen MR) is 225 cm³/mol. The highest BCUT2D eigenvalue weighted by Gasteiger charge is 2.20. The lowest BCUT2D eigenvalue weighted by Crippen LogP contribution is -1.92. The third-order valence-corrected chi connectivity index (χ3v) is 11.2. The van der Waals surface area contributed by atoms with Crippen LogP contribution in [0.15, 0.2) is 194 Å². The van der Waals surface area contributed by atoms with Gasteiger partial charge in [0.05, 0.1) is 0 Å². The molecule has 11 rings (SSSR count). The summed E-state index contributed by atoms with van der Waals surface area (Å²) < 4.78 is 0. The van der Waals surface area contributed by atoms with Crippen LogP contribution in [-0.2, 0) is 0 Å². The highest BCUT2D eigenvalue weighted by molar-refractivity contribution is 6.39. The van der Waals surface area contributed by atoms with E-state index in [0.29, 0.717) is 0 Å². The first-order valence-electron chi connectivity index (χ1n) is 18.1. The third kappa shape index (κ3) is 4.22. The second-order valence-electron chi connectivity index (χ2n) is 13.9. The van der Waals surface area contributed by atoms with Crippen LogP contribution in [0.2, 0.25) is 0 Å². The van der Waals surface area contributed by atoms with E-state index in [1.54, 1.807) is 0 Å². The molecule has 52 heavy (non-hydrogen) atoms. The average molecular weight is 657 g/mol. The van der Waals surface area contributed by atoms with Crippen molar-refractivity contribution >= 4 is 75.4 Å². The molecule has 0 heteroatoms. The van der Waals surface area contributed by atoms with Gasteiger partial charge in [-0.05, 0) is 121 Å². The van der Waals surface area contributed by atoms with Gasteiger partial charge in [0.1, 0.15) is 0 Å². The fraction of sp³-hybridized carbons (Fsp3) is 0. The van der Waals surface area contributed by atoms with Crippen molar-refractivity contribution in [2.75, 3.05) is 0 Å². The third-order valence-electron chi connectivity index (χ3n) is 11.2. The van der Waals surface area contributed by atoms with Crippen molar-refractivity contribution < 1.29 is 0 Å². The fourth-order valence-corrected chi connectivity index (χ4v) is 9.01. The molecule has 0 N–H and O–H groups in total. The minimum Gasteiger partial charge on any atom is -0.0622 e. The van der Waals surface area contributed by atoms with Crippen LogP contribution in [0.5, 0.6) is 0 Å². The van der Waals surface area contributed by atoms with Crippen LogP contribution in [0.4, 0.5) is 0 Å². The zero-order valence-corrected chi connectivity index (χ0v) is 28.5. The van der Waals surface area contributed by atoms with Crippen LogP contribution in [0, 0.1) is 0 Å². The summed E-state index contributed by atoms with van der Waals surface area (Å²) in [5, 5.41) is 18.1. The first kappa shape index (κ1) is 29.0. The van der Waals surface area contributed by atoms with Gasteiger partial charge in [-0.1, -0.05) is 182 Å².